The van der Waals surface area contributed by atoms with Gasteiger partial charge in [-0.25, -0.2) is 0 Å². The van der Waals surface area contributed by atoms with E-state index in [2.05, 4.69) is 32.3 Å². The Hall–Kier alpha value is -0.770. The molecule has 0 heterocycles. The number of carboxylic acids is 1. The second-order valence-electron chi connectivity index (χ2n) is 11.1. The van der Waals surface area contributed by atoms with E-state index in [1.165, 1.54) is 57.8 Å². The summed E-state index contributed by atoms with van der Waals surface area (Å²) in [7, 11) is 0. The predicted molar refractivity (Wildman–Crippen MR) is 141 cm³/mol. The van der Waals surface area contributed by atoms with Gasteiger partial charge in [0.25, 0.3) is 0 Å². The molecule has 0 saturated heterocycles. The number of allylic oxidation sites excluding steroid dienone is 1. The Bertz CT molecular complexity index is 571. The lowest BCUT2D eigenvalue weighted by molar-refractivity contribution is -0.309. The second-order valence-corrected chi connectivity index (χ2v) is 12.1. The van der Waals surface area contributed by atoms with Crippen LogP contribution in [0.1, 0.15) is 130 Å². The van der Waals surface area contributed by atoms with Crippen molar-refractivity contribution in [3.05, 3.63) is 11.5 Å². The molecule has 1 rings (SSSR count). The van der Waals surface area contributed by atoms with Crippen molar-refractivity contribution in [1.29, 1.82) is 0 Å². The van der Waals surface area contributed by atoms with Crippen LogP contribution in [0.5, 0.6) is 0 Å². The maximum Gasteiger partial charge on any atom is 0.129 e. The average Bonchev–Trinajstić information content (AvgIpc) is 2.72. The third-order valence-corrected chi connectivity index (χ3v) is 8.50. The van der Waals surface area contributed by atoms with Crippen molar-refractivity contribution < 1.29 is 14.7 Å². The lowest BCUT2D eigenvalue weighted by Crippen LogP contribution is -2.43. The standard InChI is InChI=1S/C29H52O3S/c1-24(2)27-18-17-25(3)22-29(27,23-28(31)32)19-13-9-7-5-6-8-10-14-20-33-21-15-11-12-16-26(4)30/h14,20,24-25,27H,5-13,15-19,21-23H2,1-4H3,(H,31,32)/p-1/b20-14-/t25-,27-,29+/m0/s1. The number of hydrogen-bond acceptors (Lipinski definition) is 4. The topological polar surface area (TPSA) is 57.2 Å². The van der Waals surface area contributed by atoms with Gasteiger partial charge in [0.05, 0.1) is 0 Å². The number of rotatable bonds is 19. The third-order valence-electron chi connectivity index (χ3n) is 7.59. The highest BCUT2D eigenvalue weighted by Crippen LogP contribution is 2.52. The van der Waals surface area contributed by atoms with E-state index in [9.17, 15) is 14.7 Å². The van der Waals surface area contributed by atoms with Crippen molar-refractivity contribution in [2.75, 3.05) is 5.75 Å². The van der Waals surface area contributed by atoms with Gasteiger partial charge in [0.2, 0.25) is 0 Å². The molecular weight excluding hydrogens is 428 g/mol. The fraction of sp³-hybridized carbons (Fsp3) is 0.862. The molecule has 0 N–H and O–H groups in total. The number of carbonyl (C=O) groups excluding carboxylic acids is 2. The van der Waals surface area contributed by atoms with E-state index in [0.29, 0.717) is 23.5 Å². The van der Waals surface area contributed by atoms with Crippen LogP contribution in [0, 0.1) is 23.2 Å². The highest BCUT2D eigenvalue weighted by Gasteiger charge is 2.43. The largest absolute Gasteiger partial charge is 0.550 e. The summed E-state index contributed by atoms with van der Waals surface area (Å²) in [6.45, 7) is 8.51. The molecule has 4 heteroatoms. The van der Waals surface area contributed by atoms with E-state index in [1.807, 2.05) is 11.8 Å². The van der Waals surface area contributed by atoms with Gasteiger partial charge in [-0.15, -0.1) is 11.8 Å². The molecule has 0 amide bonds. The molecule has 1 aliphatic carbocycles. The molecule has 0 spiro atoms. The number of Topliss-reactive ketones (excluding diaryl/α,β-unsaturated/α-hetero) is 1. The smallest absolute Gasteiger partial charge is 0.129 e. The monoisotopic (exact) mass is 479 g/mol. The van der Waals surface area contributed by atoms with Crippen molar-refractivity contribution in [1.82, 2.24) is 0 Å². The van der Waals surface area contributed by atoms with Crippen LogP contribution in [0.25, 0.3) is 0 Å². The molecule has 0 radical (unpaired) electrons. The van der Waals surface area contributed by atoms with Crippen LogP contribution in [0.4, 0.5) is 0 Å². The maximum absolute atomic E-state index is 11.6. The Labute approximate surface area is 209 Å². The highest BCUT2D eigenvalue weighted by atomic mass is 32.2. The molecule has 1 saturated carbocycles. The summed E-state index contributed by atoms with van der Waals surface area (Å²) in [5, 5.41) is 13.8. The van der Waals surface area contributed by atoms with Crippen molar-refractivity contribution in [3.8, 4) is 0 Å². The van der Waals surface area contributed by atoms with E-state index < -0.39 is 5.97 Å². The zero-order valence-corrected chi connectivity index (χ0v) is 22.9. The van der Waals surface area contributed by atoms with Gasteiger partial charge in [0, 0.05) is 12.4 Å². The molecule has 3 nitrogen and oxygen atoms in total. The molecule has 0 unspecified atom stereocenters. The minimum Gasteiger partial charge on any atom is -0.550 e. The van der Waals surface area contributed by atoms with Crippen molar-refractivity contribution in [2.45, 2.75) is 130 Å². The molecule has 0 aliphatic heterocycles. The van der Waals surface area contributed by atoms with Crippen LogP contribution in [0.2, 0.25) is 0 Å². The molecule has 1 fully saturated rings. The number of unbranched alkanes of at least 4 members (excludes halogenated alkanes) is 8. The summed E-state index contributed by atoms with van der Waals surface area (Å²) in [6.07, 6.45) is 19.9. The molecule has 33 heavy (non-hydrogen) atoms. The first-order valence-electron chi connectivity index (χ1n) is 13.7. The first kappa shape index (κ1) is 30.3. The minimum atomic E-state index is -0.853. The highest BCUT2D eigenvalue weighted by molar-refractivity contribution is 8.02. The molecule has 3 atom stereocenters. The lowest BCUT2D eigenvalue weighted by Gasteiger charge is -2.49. The third kappa shape index (κ3) is 13.6. The number of ketones is 1. The van der Waals surface area contributed by atoms with E-state index in [-0.39, 0.29) is 11.8 Å². The number of hydrogen-bond donors (Lipinski definition) is 0. The summed E-state index contributed by atoms with van der Waals surface area (Å²) in [5.74, 6) is 2.32. The van der Waals surface area contributed by atoms with Crippen LogP contribution in [-0.4, -0.2) is 17.5 Å². The summed E-state index contributed by atoms with van der Waals surface area (Å²) >= 11 is 1.89. The van der Waals surface area contributed by atoms with Crippen LogP contribution in [0.3, 0.4) is 0 Å². The van der Waals surface area contributed by atoms with Gasteiger partial charge in [-0.05, 0) is 92.6 Å². The van der Waals surface area contributed by atoms with E-state index in [4.69, 9.17) is 0 Å². The predicted octanol–water partition coefficient (Wildman–Crippen LogP) is 7.72. The number of thioether (sulfide) groups is 1. The first-order chi connectivity index (χ1) is 15.8. The lowest BCUT2D eigenvalue weighted by atomic mass is 9.56. The molecule has 0 bridgehead atoms. The first-order valence-corrected chi connectivity index (χ1v) is 14.8. The quantitative estimate of drug-likeness (QED) is 0.178. The van der Waals surface area contributed by atoms with Crippen LogP contribution in [0.15, 0.2) is 11.5 Å². The average molecular weight is 480 g/mol. The molecule has 1 aliphatic rings. The van der Waals surface area contributed by atoms with Gasteiger partial charge in [-0.3, -0.25) is 0 Å². The van der Waals surface area contributed by atoms with E-state index >= 15 is 0 Å². The van der Waals surface area contributed by atoms with Crippen molar-refractivity contribution in [2.24, 2.45) is 23.2 Å². The van der Waals surface area contributed by atoms with Gasteiger partial charge >= 0.3 is 0 Å². The Kier molecular flexibility index (Phi) is 16.2. The fourth-order valence-corrected chi connectivity index (χ4v) is 6.79. The fourth-order valence-electron chi connectivity index (χ4n) is 6.01. The zero-order chi connectivity index (χ0) is 24.5. The number of carbonyl (C=O) groups is 2. The minimum absolute atomic E-state index is 0.0411. The molecule has 0 aromatic heterocycles. The van der Waals surface area contributed by atoms with E-state index in [0.717, 1.165) is 44.3 Å². The van der Waals surface area contributed by atoms with Gasteiger partial charge in [0.1, 0.15) is 5.78 Å². The van der Waals surface area contributed by atoms with Crippen molar-refractivity contribution in [3.63, 3.8) is 0 Å². The normalized spacial score (nSPS) is 23.4. The van der Waals surface area contributed by atoms with E-state index in [1.54, 1.807) is 6.92 Å². The zero-order valence-electron chi connectivity index (χ0n) is 22.0. The second kappa shape index (κ2) is 17.6. The Morgan fingerprint density at radius 2 is 1.67 bits per heavy atom. The van der Waals surface area contributed by atoms with Crippen molar-refractivity contribution >= 4 is 23.5 Å². The summed E-state index contributed by atoms with van der Waals surface area (Å²) < 4.78 is 0. The summed E-state index contributed by atoms with van der Waals surface area (Å²) in [6, 6.07) is 0. The number of aliphatic carboxylic acids is 1. The maximum atomic E-state index is 11.6. The Morgan fingerprint density at radius 1 is 1.00 bits per heavy atom. The molecule has 192 valence electrons. The Balaban J connectivity index is 2.14. The van der Waals surface area contributed by atoms with Gasteiger partial charge < -0.3 is 14.7 Å². The van der Waals surface area contributed by atoms with Gasteiger partial charge in [-0.2, -0.15) is 0 Å². The Morgan fingerprint density at radius 3 is 2.33 bits per heavy atom. The van der Waals surface area contributed by atoms with Crippen LogP contribution in [-0.2, 0) is 9.59 Å². The summed E-state index contributed by atoms with van der Waals surface area (Å²) in [5.41, 5.74) is -0.0411. The molecule has 0 aromatic carbocycles. The van der Waals surface area contributed by atoms with Gasteiger partial charge in [-0.1, -0.05) is 71.8 Å². The van der Waals surface area contributed by atoms with Gasteiger partial charge in [0.15, 0.2) is 0 Å². The molecular formula is C29H51O3S-. The summed E-state index contributed by atoms with van der Waals surface area (Å²) in [4.78, 5) is 22.5. The van der Waals surface area contributed by atoms with Crippen LogP contribution < -0.4 is 5.11 Å². The number of carboxylic acid groups (broad SMARTS) is 1. The van der Waals surface area contributed by atoms with Crippen LogP contribution >= 0.6 is 11.8 Å². The molecule has 0 aromatic rings. The SMILES string of the molecule is CC(=O)CCCCCS/C=C\CCCCCCCC[C@]1(CC(=O)[O-])C[C@@H](C)CC[C@H]1C(C)C.